The van der Waals surface area contributed by atoms with Gasteiger partial charge >= 0.3 is 0 Å². The van der Waals surface area contributed by atoms with Gasteiger partial charge in [-0.2, -0.15) is 0 Å². The first kappa shape index (κ1) is 12.7. The smallest absolute Gasteiger partial charge is 0.126 e. The quantitative estimate of drug-likeness (QED) is 0.639. The maximum absolute atomic E-state index is 11.2. The summed E-state index contributed by atoms with van der Waals surface area (Å²) in [5, 5.41) is 0. The van der Waals surface area contributed by atoms with Gasteiger partial charge in [-0.1, -0.05) is 40.5 Å². The van der Waals surface area contributed by atoms with Crippen LogP contribution in [0, 0.1) is 23.2 Å². The Morgan fingerprint density at radius 1 is 1.40 bits per heavy atom. The van der Waals surface area contributed by atoms with E-state index in [1.54, 1.807) is 0 Å². The van der Waals surface area contributed by atoms with E-state index in [2.05, 4.69) is 27.7 Å². The van der Waals surface area contributed by atoms with Crippen LogP contribution in [0.3, 0.4) is 0 Å². The van der Waals surface area contributed by atoms with Crippen LogP contribution < -0.4 is 0 Å². The highest BCUT2D eigenvalue weighted by molar-refractivity contribution is 5.59. The van der Waals surface area contributed by atoms with Gasteiger partial charge in [0.15, 0.2) is 0 Å². The van der Waals surface area contributed by atoms with Gasteiger partial charge in [0.1, 0.15) is 6.29 Å². The summed E-state index contributed by atoms with van der Waals surface area (Å²) in [6.07, 6.45) is 7.41. The highest BCUT2D eigenvalue weighted by Gasteiger charge is 2.36. The standard InChI is InChI=1S/C14H26O/c1-5-14(4,10-15)13-8-6-7-12(9-13)11(2)3/h10-13H,5-9H2,1-4H3. The van der Waals surface area contributed by atoms with Crippen molar-refractivity contribution in [3.05, 3.63) is 0 Å². The fourth-order valence-corrected chi connectivity index (χ4v) is 2.90. The van der Waals surface area contributed by atoms with Crippen LogP contribution >= 0.6 is 0 Å². The van der Waals surface area contributed by atoms with Gasteiger partial charge in [0.05, 0.1) is 0 Å². The molecule has 0 aromatic rings. The fourth-order valence-electron chi connectivity index (χ4n) is 2.90. The van der Waals surface area contributed by atoms with Gasteiger partial charge < -0.3 is 4.79 Å². The van der Waals surface area contributed by atoms with Crippen molar-refractivity contribution in [3.8, 4) is 0 Å². The Bertz CT molecular complexity index is 209. The van der Waals surface area contributed by atoms with Gasteiger partial charge in [0, 0.05) is 5.41 Å². The topological polar surface area (TPSA) is 17.1 Å². The van der Waals surface area contributed by atoms with Crippen LogP contribution in [0.15, 0.2) is 0 Å². The van der Waals surface area contributed by atoms with Crippen molar-refractivity contribution in [1.82, 2.24) is 0 Å². The monoisotopic (exact) mass is 210 g/mol. The predicted molar refractivity (Wildman–Crippen MR) is 64.7 cm³/mol. The first-order chi connectivity index (χ1) is 7.03. The number of hydrogen-bond acceptors (Lipinski definition) is 1. The summed E-state index contributed by atoms with van der Waals surface area (Å²) in [5.41, 5.74) is -0.0619. The average Bonchev–Trinajstić information content (AvgIpc) is 2.28. The lowest BCUT2D eigenvalue weighted by atomic mass is 9.65. The minimum absolute atomic E-state index is 0.0619. The van der Waals surface area contributed by atoms with Crippen LogP contribution in [-0.2, 0) is 4.79 Å². The molecule has 1 rings (SSSR count). The molecule has 0 heterocycles. The van der Waals surface area contributed by atoms with Crippen LogP contribution in [0.25, 0.3) is 0 Å². The lowest BCUT2D eigenvalue weighted by Gasteiger charge is -2.39. The van der Waals surface area contributed by atoms with E-state index >= 15 is 0 Å². The molecular formula is C14H26O. The molecule has 3 unspecified atom stereocenters. The van der Waals surface area contributed by atoms with E-state index in [4.69, 9.17) is 0 Å². The van der Waals surface area contributed by atoms with E-state index < -0.39 is 0 Å². The summed E-state index contributed by atoms with van der Waals surface area (Å²) in [6, 6.07) is 0. The lowest BCUT2D eigenvalue weighted by Crippen LogP contribution is -2.33. The van der Waals surface area contributed by atoms with Crippen molar-refractivity contribution in [2.75, 3.05) is 0 Å². The molecule has 0 amide bonds. The molecular weight excluding hydrogens is 184 g/mol. The van der Waals surface area contributed by atoms with Crippen LogP contribution in [0.2, 0.25) is 0 Å². The molecule has 1 heteroatoms. The van der Waals surface area contributed by atoms with Crippen molar-refractivity contribution in [1.29, 1.82) is 0 Å². The van der Waals surface area contributed by atoms with E-state index in [-0.39, 0.29) is 5.41 Å². The molecule has 0 spiro atoms. The molecule has 0 saturated heterocycles. The second kappa shape index (κ2) is 5.14. The van der Waals surface area contributed by atoms with Crippen molar-refractivity contribution >= 4 is 6.29 Å². The summed E-state index contributed by atoms with van der Waals surface area (Å²) in [4.78, 5) is 11.2. The summed E-state index contributed by atoms with van der Waals surface area (Å²) in [6.45, 7) is 8.93. The molecule has 0 bridgehead atoms. The fraction of sp³-hybridized carbons (Fsp3) is 0.929. The van der Waals surface area contributed by atoms with E-state index in [0.717, 1.165) is 18.3 Å². The number of hydrogen-bond donors (Lipinski definition) is 0. The van der Waals surface area contributed by atoms with Gasteiger partial charge in [-0.25, -0.2) is 0 Å². The average molecular weight is 210 g/mol. The van der Waals surface area contributed by atoms with Crippen molar-refractivity contribution in [2.45, 2.75) is 59.8 Å². The first-order valence-electron chi connectivity index (χ1n) is 6.49. The Labute approximate surface area is 94.6 Å². The number of rotatable bonds is 4. The van der Waals surface area contributed by atoms with Gasteiger partial charge in [-0.3, -0.25) is 0 Å². The number of carbonyl (C=O) groups is 1. The molecule has 0 aromatic heterocycles. The maximum atomic E-state index is 11.2. The van der Waals surface area contributed by atoms with Crippen molar-refractivity contribution in [3.63, 3.8) is 0 Å². The Balaban J connectivity index is 2.66. The zero-order chi connectivity index (χ0) is 11.5. The Kier molecular flexibility index (Phi) is 4.36. The second-order valence-corrected chi connectivity index (χ2v) is 5.84. The summed E-state index contributed by atoms with van der Waals surface area (Å²) in [5.74, 6) is 2.25. The number of carbonyl (C=O) groups excluding carboxylic acids is 1. The van der Waals surface area contributed by atoms with Crippen LogP contribution in [0.4, 0.5) is 0 Å². The molecule has 0 radical (unpaired) electrons. The highest BCUT2D eigenvalue weighted by Crippen LogP contribution is 2.43. The highest BCUT2D eigenvalue weighted by atomic mass is 16.1. The zero-order valence-electron chi connectivity index (χ0n) is 10.8. The first-order valence-corrected chi connectivity index (χ1v) is 6.49. The largest absolute Gasteiger partial charge is 0.303 e. The van der Waals surface area contributed by atoms with Crippen LogP contribution in [-0.4, -0.2) is 6.29 Å². The Morgan fingerprint density at radius 3 is 2.53 bits per heavy atom. The van der Waals surface area contributed by atoms with Crippen LogP contribution in [0.1, 0.15) is 59.8 Å². The normalized spacial score (nSPS) is 31.3. The molecule has 88 valence electrons. The molecule has 15 heavy (non-hydrogen) atoms. The SMILES string of the molecule is CCC(C)(C=O)C1CCCC(C(C)C)C1. The molecule has 1 aliphatic carbocycles. The van der Waals surface area contributed by atoms with E-state index in [1.165, 1.54) is 32.0 Å². The second-order valence-electron chi connectivity index (χ2n) is 5.84. The maximum Gasteiger partial charge on any atom is 0.126 e. The summed E-state index contributed by atoms with van der Waals surface area (Å²) < 4.78 is 0. The molecule has 0 aromatic carbocycles. The van der Waals surface area contributed by atoms with Gasteiger partial charge in [-0.05, 0) is 37.0 Å². The summed E-state index contributed by atoms with van der Waals surface area (Å²) >= 11 is 0. The van der Waals surface area contributed by atoms with Crippen molar-refractivity contribution in [2.24, 2.45) is 23.2 Å². The summed E-state index contributed by atoms with van der Waals surface area (Å²) in [7, 11) is 0. The molecule has 1 saturated carbocycles. The molecule has 0 N–H and O–H groups in total. The number of aldehydes is 1. The van der Waals surface area contributed by atoms with Crippen molar-refractivity contribution < 1.29 is 4.79 Å². The third-order valence-electron chi connectivity index (χ3n) is 4.62. The van der Waals surface area contributed by atoms with Gasteiger partial charge in [0.25, 0.3) is 0 Å². The molecule has 0 aliphatic heterocycles. The minimum Gasteiger partial charge on any atom is -0.303 e. The lowest BCUT2D eigenvalue weighted by molar-refractivity contribution is -0.119. The molecule has 1 nitrogen and oxygen atoms in total. The third kappa shape index (κ3) is 2.83. The third-order valence-corrected chi connectivity index (χ3v) is 4.62. The van der Waals surface area contributed by atoms with E-state index in [0.29, 0.717) is 5.92 Å². The minimum atomic E-state index is -0.0619. The molecule has 1 fully saturated rings. The predicted octanol–water partition coefficient (Wildman–Crippen LogP) is 4.06. The van der Waals surface area contributed by atoms with Gasteiger partial charge in [0.2, 0.25) is 0 Å². The van der Waals surface area contributed by atoms with E-state index in [9.17, 15) is 4.79 Å². The Morgan fingerprint density at radius 2 is 2.07 bits per heavy atom. The molecule has 1 aliphatic rings. The van der Waals surface area contributed by atoms with Gasteiger partial charge in [-0.15, -0.1) is 0 Å². The van der Waals surface area contributed by atoms with E-state index in [1.807, 2.05) is 0 Å². The van der Waals surface area contributed by atoms with Crippen LogP contribution in [0.5, 0.6) is 0 Å². The zero-order valence-corrected chi connectivity index (χ0v) is 10.8. The Hall–Kier alpha value is -0.330. The molecule has 3 atom stereocenters.